The van der Waals surface area contributed by atoms with Crippen molar-refractivity contribution in [2.24, 2.45) is 0 Å². The first-order valence-electron chi connectivity index (χ1n) is 7.18. The van der Waals surface area contributed by atoms with Gasteiger partial charge in [-0.3, -0.25) is 5.32 Å². The molecule has 0 aliphatic carbocycles. The minimum atomic E-state index is -0.980. The van der Waals surface area contributed by atoms with Crippen molar-refractivity contribution in [1.82, 2.24) is 5.32 Å². The summed E-state index contributed by atoms with van der Waals surface area (Å²) in [5.41, 5.74) is -0.275. The van der Waals surface area contributed by atoms with Crippen molar-refractivity contribution in [3.8, 4) is 11.5 Å². The third kappa shape index (κ3) is 3.88. The Morgan fingerprint density at radius 2 is 1.95 bits per heavy atom. The van der Waals surface area contributed by atoms with E-state index in [1.165, 1.54) is 0 Å². The molecule has 0 fully saturated rings. The Kier molecular flexibility index (Phi) is 6.49. The van der Waals surface area contributed by atoms with Crippen LogP contribution < -0.4 is 14.8 Å². The number of rotatable bonds is 8. The topological polar surface area (TPSA) is 56.8 Å². The first kappa shape index (κ1) is 17.3. The number of carbonyl (C=O) groups excluding carboxylic acids is 1. The Balaban J connectivity index is 3.32. The number of esters is 1. The number of nitrogens with one attached hydrogen (secondary N) is 1. The van der Waals surface area contributed by atoms with Crippen LogP contribution in [-0.2, 0) is 15.1 Å². The standard InChI is InChI=1S/C16H25NO4/c1-6-10-17-16(3,15(18)21-7-2)13-11-12(19-4)8-9-14(13)20-5/h8-9,11,17H,6-7,10H2,1-5H3. The summed E-state index contributed by atoms with van der Waals surface area (Å²) in [5, 5.41) is 3.26. The molecule has 1 atom stereocenters. The molecule has 0 radical (unpaired) electrons. The molecule has 0 bridgehead atoms. The smallest absolute Gasteiger partial charge is 0.330 e. The summed E-state index contributed by atoms with van der Waals surface area (Å²) in [7, 11) is 3.17. The van der Waals surface area contributed by atoms with Gasteiger partial charge >= 0.3 is 5.97 Å². The van der Waals surface area contributed by atoms with Crippen LogP contribution in [0, 0.1) is 0 Å². The van der Waals surface area contributed by atoms with Crippen molar-refractivity contribution in [2.75, 3.05) is 27.4 Å². The van der Waals surface area contributed by atoms with Gasteiger partial charge in [0.25, 0.3) is 0 Å². The van der Waals surface area contributed by atoms with Crippen LogP contribution >= 0.6 is 0 Å². The second kappa shape index (κ2) is 7.88. The van der Waals surface area contributed by atoms with E-state index < -0.39 is 5.54 Å². The molecule has 0 spiro atoms. The van der Waals surface area contributed by atoms with Crippen LogP contribution in [0.15, 0.2) is 18.2 Å². The maximum Gasteiger partial charge on any atom is 0.330 e. The van der Waals surface area contributed by atoms with Crippen LogP contribution in [0.2, 0.25) is 0 Å². The molecule has 5 heteroatoms. The van der Waals surface area contributed by atoms with E-state index >= 15 is 0 Å². The molecular formula is C16H25NO4. The Hall–Kier alpha value is -1.75. The Labute approximate surface area is 126 Å². The van der Waals surface area contributed by atoms with Crippen molar-refractivity contribution < 1.29 is 19.0 Å². The van der Waals surface area contributed by atoms with E-state index in [1.807, 2.05) is 6.92 Å². The fraction of sp³-hybridized carbons (Fsp3) is 0.562. The molecule has 0 saturated heterocycles. The molecule has 1 aromatic carbocycles. The normalized spacial score (nSPS) is 13.4. The number of hydrogen-bond donors (Lipinski definition) is 1. The monoisotopic (exact) mass is 295 g/mol. The maximum atomic E-state index is 12.5. The van der Waals surface area contributed by atoms with Gasteiger partial charge in [0.05, 0.1) is 20.8 Å². The van der Waals surface area contributed by atoms with Crippen molar-refractivity contribution in [1.29, 1.82) is 0 Å². The quantitative estimate of drug-likeness (QED) is 0.747. The van der Waals surface area contributed by atoms with Gasteiger partial charge < -0.3 is 14.2 Å². The van der Waals surface area contributed by atoms with Gasteiger partial charge in [-0.15, -0.1) is 0 Å². The Bertz CT molecular complexity index is 475. The third-order valence-corrected chi connectivity index (χ3v) is 3.36. The second-order valence-electron chi connectivity index (χ2n) is 4.84. The molecule has 5 nitrogen and oxygen atoms in total. The van der Waals surface area contributed by atoms with Crippen LogP contribution in [0.5, 0.6) is 11.5 Å². The molecule has 1 unspecified atom stereocenters. The number of carbonyl (C=O) groups is 1. The predicted octanol–water partition coefficient (Wildman–Crippen LogP) is 2.48. The van der Waals surface area contributed by atoms with E-state index in [9.17, 15) is 4.79 Å². The van der Waals surface area contributed by atoms with E-state index in [0.717, 1.165) is 6.42 Å². The van der Waals surface area contributed by atoms with Gasteiger partial charge in [0.15, 0.2) is 0 Å². The van der Waals surface area contributed by atoms with Crippen molar-refractivity contribution >= 4 is 5.97 Å². The van der Waals surface area contributed by atoms with Gasteiger partial charge in [-0.1, -0.05) is 6.92 Å². The molecule has 21 heavy (non-hydrogen) atoms. The molecule has 1 N–H and O–H groups in total. The third-order valence-electron chi connectivity index (χ3n) is 3.36. The zero-order chi connectivity index (χ0) is 15.9. The molecular weight excluding hydrogens is 270 g/mol. The summed E-state index contributed by atoms with van der Waals surface area (Å²) in [6.45, 7) is 6.66. The van der Waals surface area contributed by atoms with Gasteiger partial charge in [-0.05, 0) is 45.0 Å². The average Bonchev–Trinajstić information content (AvgIpc) is 2.52. The SMILES string of the molecule is CCCNC(C)(C(=O)OCC)c1cc(OC)ccc1OC. The van der Waals surface area contributed by atoms with Crippen molar-refractivity contribution in [2.45, 2.75) is 32.7 Å². The van der Waals surface area contributed by atoms with E-state index in [0.29, 0.717) is 30.2 Å². The molecule has 0 aromatic heterocycles. The van der Waals surface area contributed by atoms with E-state index in [1.54, 1.807) is 46.3 Å². The second-order valence-corrected chi connectivity index (χ2v) is 4.84. The van der Waals surface area contributed by atoms with Crippen LogP contribution in [0.25, 0.3) is 0 Å². The van der Waals surface area contributed by atoms with E-state index in [4.69, 9.17) is 14.2 Å². The van der Waals surface area contributed by atoms with Gasteiger partial charge in [-0.2, -0.15) is 0 Å². The number of ether oxygens (including phenoxy) is 3. The fourth-order valence-electron chi connectivity index (χ4n) is 2.13. The first-order chi connectivity index (χ1) is 10.0. The van der Waals surface area contributed by atoms with Gasteiger partial charge in [-0.25, -0.2) is 4.79 Å². The van der Waals surface area contributed by atoms with E-state index in [-0.39, 0.29) is 5.97 Å². The highest BCUT2D eigenvalue weighted by Crippen LogP contribution is 2.34. The predicted molar refractivity (Wildman–Crippen MR) is 81.8 cm³/mol. The zero-order valence-corrected chi connectivity index (χ0v) is 13.5. The molecule has 118 valence electrons. The molecule has 0 aliphatic rings. The van der Waals surface area contributed by atoms with Crippen molar-refractivity contribution in [3.63, 3.8) is 0 Å². The largest absolute Gasteiger partial charge is 0.497 e. The lowest BCUT2D eigenvalue weighted by molar-refractivity contribution is -0.151. The fourth-order valence-corrected chi connectivity index (χ4v) is 2.13. The molecule has 0 heterocycles. The minimum absolute atomic E-state index is 0.328. The number of benzene rings is 1. The molecule has 0 amide bonds. The number of hydrogen-bond acceptors (Lipinski definition) is 5. The van der Waals surface area contributed by atoms with E-state index in [2.05, 4.69) is 5.32 Å². The highest BCUT2D eigenvalue weighted by atomic mass is 16.5. The molecule has 0 aliphatic heterocycles. The summed E-state index contributed by atoms with van der Waals surface area (Å²) in [4.78, 5) is 12.5. The van der Waals surface area contributed by atoms with Crippen LogP contribution in [0.3, 0.4) is 0 Å². The summed E-state index contributed by atoms with van der Waals surface area (Å²) in [6.07, 6.45) is 0.904. The van der Waals surface area contributed by atoms with Crippen LogP contribution in [0.1, 0.15) is 32.8 Å². The van der Waals surface area contributed by atoms with Crippen LogP contribution in [0.4, 0.5) is 0 Å². The summed E-state index contributed by atoms with van der Waals surface area (Å²) < 4.78 is 15.9. The zero-order valence-electron chi connectivity index (χ0n) is 13.5. The summed E-state index contributed by atoms with van der Waals surface area (Å²) >= 11 is 0. The maximum absolute atomic E-state index is 12.5. The first-order valence-corrected chi connectivity index (χ1v) is 7.18. The van der Waals surface area contributed by atoms with Gasteiger partial charge in [0.1, 0.15) is 17.0 Å². The Morgan fingerprint density at radius 1 is 1.24 bits per heavy atom. The lowest BCUT2D eigenvalue weighted by atomic mass is 9.90. The lowest BCUT2D eigenvalue weighted by Gasteiger charge is -2.30. The van der Waals surface area contributed by atoms with Gasteiger partial charge in [0.2, 0.25) is 0 Å². The average molecular weight is 295 g/mol. The molecule has 1 aromatic rings. The van der Waals surface area contributed by atoms with Crippen LogP contribution in [-0.4, -0.2) is 33.3 Å². The highest BCUT2D eigenvalue weighted by Gasteiger charge is 2.39. The highest BCUT2D eigenvalue weighted by molar-refractivity contribution is 5.83. The van der Waals surface area contributed by atoms with Crippen molar-refractivity contribution in [3.05, 3.63) is 23.8 Å². The number of methoxy groups -OCH3 is 2. The summed E-state index contributed by atoms with van der Waals surface area (Å²) in [6, 6.07) is 5.39. The lowest BCUT2D eigenvalue weighted by Crippen LogP contribution is -2.48. The minimum Gasteiger partial charge on any atom is -0.497 e. The Morgan fingerprint density at radius 3 is 2.48 bits per heavy atom. The molecule has 0 saturated carbocycles. The van der Waals surface area contributed by atoms with Gasteiger partial charge in [0, 0.05) is 5.56 Å². The molecule has 1 rings (SSSR count). The summed E-state index contributed by atoms with van der Waals surface area (Å²) in [5.74, 6) is 0.958.